The fourth-order valence-corrected chi connectivity index (χ4v) is 3.07. The molecule has 0 amide bonds. The van der Waals surface area contributed by atoms with Crippen LogP contribution in [0.25, 0.3) is 0 Å². The lowest BCUT2D eigenvalue weighted by molar-refractivity contribution is 0.0939. The zero-order chi connectivity index (χ0) is 16.1. The van der Waals surface area contributed by atoms with Gasteiger partial charge in [-0.25, -0.2) is 0 Å². The van der Waals surface area contributed by atoms with Crippen LogP contribution in [-0.2, 0) is 0 Å². The highest BCUT2D eigenvalue weighted by Gasteiger charge is 2.22. The Labute approximate surface area is 136 Å². The van der Waals surface area contributed by atoms with Crippen molar-refractivity contribution >= 4 is 5.78 Å². The molecule has 0 spiro atoms. The number of nitrogens with zero attached hydrogens (tertiary/aromatic N) is 2. The van der Waals surface area contributed by atoms with E-state index >= 15 is 0 Å². The number of rotatable bonds is 5. The third-order valence-electron chi connectivity index (χ3n) is 4.50. The molecule has 0 radical (unpaired) electrons. The Bertz CT molecular complexity index is 649. The fraction of sp³-hybridized carbons (Fsp3) is 0.421. The van der Waals surface area contributed by atoms with Crippen LogP contribution in [0.5, 0.6) is 11.5 Å². The highest BCUT2D eigenvalue weighted by Crippen LogP contribution is 2.31. The average Bonchev–Trinajstić information content (AvgIpc) is 2.58. The van der Waals surface area contributed by atoms with Crippen molar-refractivity contribution in [2.75, 3.05) is 0 Å². The number of aromatic nitrogens is 2. The molecule has 1 fully saturated rings. The second-order valence-corrected chi connectivity index (χ2v) is 6.42. The van der Waals surface area contributed by atoms with E-state index in [0.717, 1.165) is 18.8 Å². The SMILES string of the molecule is CC1CCC(CC(=O)c2cc(Oc3cccnc3)ccn2)CC1. The second kappa shape index (κ2) is 7.36. The average molecular weight is 310 g/mol. The van der Waals surface area contributed by atoms with Gasteiger partial charge in [0, 0.05) is 24.9 Å². The lowest BCUT2D eigenvalue weighted by Gasteiger charge is -2.25. The Morgan fingerprint density at radius 2 is 2.00 bits per heavy atom. The Balaban J connectivity index is 1.63. The van der Waals surface area contributed by atoms with Gasteiger partial charge in [0.25, 0.3) is 0 Å². The molecule has 3 rings (SSSR count). The lowest BCUT2D eigenvalue weighted by Crippen LogP contribution is -2.16. The molecular weight excluding hydrogens is 288 g/mol. The van der Waals surface area contributed by atoms with Crippen molar-refractivity contribution in [1.29, 1.82) is 0 Å². The quantitative estimate of drug-likeness (QED) is 0.753. The summed E-state index contributed by atoms with van der Waals surface area (Å²) in [4.78, 5) is 20.7. The molecule has 2 aromatic rings. The van der Waals surface area contributed by atoms with Gasteiger partial charge in [-0.05, 0) is 42.9 Å². The van der Waals surface area contributed by atoms with Crippen LogP contribution in [0.15, 0.2) is 42.9 Å². The van der Waals surface area contributed by atoms with Crippen LogP contribution in [0.3, 0.4) is 0 Å². The molecule has 4 heteroatoms. The first-order chi connectivity index (χ1) is 11.2. The highest BCUT2D eigenvalue weighted by molar-refractivity contribution is 5.94. The number of hydrogen-bond acceptors (Lipinski definition) is 4. The molecular formula is C19H22N2O2. The van der Waals surface area contributed by atoms with Crippen molar-refractivity contribution in [3.05, 3.63) is 48.5 Å². The van der Waals surface area contributed by atoms with Crippen LogP contribution in [0.1, 0.15) is 49.5 Å². The summed E-state index contributed by atoms with van der Waals surface area (Å²) >= 11 is 0. The molecule has 0 saturated heterocycles. The minimum atomic E-state index is 0.112. The predicted octanol–water partition coefficient (Wildman–Crippen LogP) is 4.67. The van der Waals surface area contributed by atoms with Crippen LogP contribution >= 0.6 is 0 Å². The van der Waals surface area contributed by atoms with E-state index in [4.69, 9.17) is 4.74 Å². The van der Waals surface area contributed by atoms with E-state index in [-0.39, 0.29) is 5.78 Å². The number of pyridine rings is 2. The number of Topliss-reactive ketones (excluding diaryl/α,β-unsaturated/α-hetero) is 1. The van der Waals surface area contributed by atoms with E-state index in [1.54, 1.807) is 30.7 Å². The second-order valence-electron chi connectivity index (χ2n) is 6.42. The third-order valence-corrected chi connectivity index (χ3v) is 4.50. The van der Waals surface area contributed by atoms with Crippen molar-refractivity contribution in [1.82, 2.24) is 9.97 Å². The number of hydrogen-bond donors (Lipinski definition) is 0. The van der Waals surface area contributed by atoms with Crippen molar-refractivity contribution in [3.63, 3.8) is 0 Å². The van der Waals surface area contributed by atoms with Crippen LogP contribution < -0.4 is 4.74 Å². The molecule has 0 atom stereocenters. The standard InChI is InChI=1S/C19H22N2O2/c1-14-4-6-15(7-5-14)11-19(22)18-12-16(8-10-21-18)23-17-3-2-9-20-13-17/h2-3,8-10,12-15H,4-7,11H2,1H3. The molecule has 0 aliphatic heterocycles. The summed E-state index contributed by atoms with van der Waals surface area (Å²) < 4.78 is 5.72. The molecule has 1 aliphatic rings. The minimum Gasteiger partial charge on any atom is -0.456 e. The Morgan fingerprint density at radius 1 is 1.17 bits per heavy atom. The van der Waals surface area contributed by atoms with Gasteiger partial charge in [0.2, 0.25) is 0 Å². The Morgan fingerprint density at radius 3 is 2.74 bits per heavy atom. The molecule has 1 aliphatic carbocycles. The lowest BCUT2D eigenvalue weighted by atomic mass is 9.80. The number of carbonyl (C=O) groups excluding carboxylic acids is 1. The zero-order valence-corrected chi connectivity index (χ0v) is 13.4. The third kappa shape index (κ3) is 4.38. The number of carbonyl (C=O) groups is 1. The molecule has 0 bridgehead atoms. The van der Waals surface area contributed by atoms with Gasteiger partial charge in [-0.2, -0.15) is 0 Å². The van der Waals surface area contributed by atoms with Crippen molar-refractivity contribution < 1.29 is 9.53 Å². The van der Waals surface area contributed by atoms with Gasteiger partial charge in [-0.15, -0.1) is 0 Å². The van der Waals surface area contributed by atoms with Gasteiger partial charge in [0.15, 0.2) is 5.78 Å². The summed E-state index contributed by atoms with van der Waals surface area (Å²) in [5.74, 6) is 2.69. The summed E-state index contributed by atoms with van der Waals surface area (Å²) in [5, 5.41) is 0. The molecule has 120 valence electrons. The van der Waals surface area contributed by atoms with Gasteiger partial charge in [0.05, 0.1) is 6.20 Å². The predicted molar refractivity (Wildman–Crippen MR) is 88.6 cm³/mol. The van der Waals surface area contributed by atoms with Gasteiger partial charge in [-0.1, -0.05) is 19.8 Å². The molecule has 1 saturated carbocycles. The maximum Gasteiger partial charge on any atom is 0.181 e. The first-order valence-corrected chi connectivity index (χ1v) is 8.28. The first-order valence-electron chi connectivity index (χ1n) is 8.28. The molecule has 0 unspecified atom stereocenters. The van der Waals surface area contributed by atoms with Crippen molar-refractivity contribution in [2.24, 2.45) is 11.8 Å². The summed E-state index contributed by atoms with van der Waals surface area (Å²) in [5.41, 5.74) is 0.491. The number of ether oxygens (including phenoxy) is 1. The van der Waals surface area contributed by atoms with Gasteiger partial charge in [0.1, 0.15) is 17.2 Å². The molecule has 4 nitrogen and oxygen atoms in total. The van der Waals surface area contributed by atoms with Crippen LogP contribution in [0.2, 0.25) is 0 Å². The maximum absolute atomic E-state index is 12.5. The van der Waals surface area contributed by atoms with E-state index in [9.17, 15) is 4.79 Å². The summed E-state index contributed by atoms with van der Waals surface area (Å²) in [7, 11) is 0. The largest absolute Gasteiger partial charge is 0.456 e. The van der Waals surface area contributed by atoms with Crippen LogP contribution in [0, 0.1) is 11.8 Å². The van der Waals surface area contributed by atoms with E-state index in [0.29, 0.717) is 29.5 Å². The van der Waals surface area contributed by atoms with Crippen molar-refractivity contribution in [2.45, 2.75) is 39.0 Å². The smallest absolute Gasteiger partial charge is 0.181 e. The molecule has 2 heterocycles. The topological polar surface area (TPSA) is 52.1 Å². The van der Waals surface area contributed by atoms with E-state index < -0.39 is 0 Å². The van der Waals surface area contributed by atoms with Crippen LogP contribution in [-0.4, -0.2) is 15.8 Å². The van der Waals surface area contributed by atoms with E-state index in [1.807, 2.05) is 12.1 Å². The normalized spacial score (nSPS) is 20.9. The maximum atomic E-state index is 12.5. The van der Waals surface area contributed by atoms with Crippen molar-refractivity contribution in [3.8, 4) is 11.5 Å². The minimum absolute atomic E-state index is 0.112. The van der Waals surface area contributed by atoms with E-state index in [1.165, 1.54) is 12.8 Å². The molecule has 2 aromatic heterocycles. The molecule has 0 N–H and O–H groups in total. The fourth-order valence-electron chi connectivity index (χ4n) is 3.07. The van der Waals surface area contributed by atoms with Gasteiger partial charge >= 0.3 is 0 Å². The zero-order valence-electron chi connectivity index (χ0n) is 13.4. The Kier molecular flexibility index (Phi) is 5.01. The Hall–Kier alpha value is -2.23. The monoisotopic (exact) mass is 310 g/mol. The van der Waals surface area contributed by atoms with Gasteiger partial charge in [-0.3, -0.25) is 14.8 Å². The summed E-state index contributed by atoms with van der Waals surface area (Å²) in [6.07, 6.45) is 10.3. The number of ketones is 1. The summed E-state index contributed by atoms with van der Waals surface area (Å²) in [6, 6.07) is 7.12. The van der Waals surface area contributed by atoms with E-state index in [2.05, 4.69) is 16.9 Å². The molecule has 0 aromatic carbocycles. The van der Waals surface area contributed by atoms with Crippen LogP contribution in [0.4, 0.5) is 0 Å². The molecule has 23 heavy (non-hydrogen) atoms. The summed E-state index contributed by atoms with van der Waals surface area (Å²) in [6.45, 7) is 2.29. The highest BCUT2D eigenvalue weighted by atomic mass is 16.5. The van der Waals surface area contributed by atoms with Gasteiger partial charge < -0.3 is 4.74 Å². The first kappa shape index (κ1) is 15.7.